The van der Waals surface area contributed by atoms with E-state index in [4.69, 9.17) is 9.47 Å². The Morgan fingerprint density at radius 2 is 1.50 bits per heavy atom. The molecule has 184 valence electrons. The van der Waals surface area contributed by atoms with Crippen LogP contribution in [0, 0.1) is 0 Å². The minimum Gasteiger partial charge on any atom is -0.497 e. The molecule has 4 aromatic rings. The lowest BCUT2D eigenvalue weighted by Crippen LogP contribution is -2.42. The van der Waals surface area contributed by atoms with Crippen LogP contribution in [0.25, 0.3) is 10.9 Å². The maximum atomic E-state index is 12.5. The van der Waals surface area contributed by atoms with Gasteiger partial charge in [-0.15, -0.1) is 0 Å². The molecule has 3 amide bonds. The van der Waals surface area contributed by atoms with Gasteiger partial charge < -0.3 is 19.8 Å². The van der Waals surface area contributed by atoms with Crippen LogP contribution in [0.5, 0.6) is 17.2 Å². The first-order valence-electron chi connectivity index (χ1n) is 11.3. The Kier molecular flexibility index (Phi) is 7.82. The monoisotopic (exact) mass is 486 g/mol. The molecule has 0 aliphatic rings. The number of methoxy groups -OCH3 is 1. The largest absolute Gasteiger partial charge is 0.497 e. The van der Waals surface area contributed by atoms with Gasteiger partial charge in [0.1, 0.15) is 22.9 Å². The van der Waals surface area contributed by atoms with E-state index in [0.717, 1.165) is 22.2 Å². The highest BCUT2D eigenvalue weighted by molar-refractivity contribution is 5.99. The van der Waals surface area contributed by atoms with Gasteiger partial charge >= 0.3 is 0 Å². The van der Waals surface area contributed by atoms with Crippen molar-refractivity contribution in [3.63, 3.8) is 0 Å². The van der Waals surface area contributed by atoms with Crippen molar-refractivity contribution in [1.29, 1.82) is 0 Å². The van der Waals surface area contributed by atoms with Crippen molar-refractivity contribution in [1.82, 2.24) is 21.2 Å². The smallest absolute Gasteiger partial charge is 0.286 e. The molecule has 9 heteroatoms. The van der Waals surface area contributed by atoms with Crippen LogP contribution in [0.15, 0.2) is 78.9 Å². The summed E-state index contributed by atoms with van der Waals surface area (Å²) in [5.74, 6) is 0.835. The van der Waals surface area contributed by atoms with E-state index in [0.29, 0.717) is 18.0 Å². The van der Waals surface area contributed by atoms with Gasteiger partial charge in [0.2, 0.25) is 11.8 Å². The molecule has 0 saturated heterocycles. The summed E-state index contributed by atoms with van der Waals surface area (Å²) >= 11 is 0. The van der Waals surface area contributed by atoms with Crippen molar-refractivity contribution >= 4 is 28.6 Å². The van der Waals surface area contributed by atoms with Crippen molar-refractivity contribution in [3.8, 4) is 17.2 Å². The zero-order valence-corrected chi connectivity index (χ0v) is 19.7. The number of ether oxygens (including phenoxy) is 2. The zero-order valence-electron chi connectivity index (χ0n) is 19.7. The summed E-state index contributed by atoms with van der Waals surface area (Å²) in [5.41, 5.74) is 6.64. The molecule has 3 aromatic carbocycles. The molecule has 0 saturated carbocycles. The van der Waals surface area contributed by atoms with E-state index in [9.17, 15) is 14.4 Å². The van der Waals surface area contributed by atoms with E-state index in [1.54, 1.807) is 19.2 Å². The number of carbonyl (C=O) groups excluding carboxylic acids is 3. The Bertz CT molecular complexity index is 1350. The average Bonchev–Trinajstić information content (AvgIpc) is 3.34. The first kappa shape index (κ1) is 24.3. The molecule has 4 N–H and O–H groups in total. The van der Waals surface area contributed by atoms with Gasteiger partial charge in [0.25, 0.3) is 5.91 Å². The summed E-state index contributed by atoms with van der Waals surface area (Å²) < 4.78 is 10.9. The minimum atomic E-state index is -0.506. The van der Waals surface area contributed by atoms with E-state index in [1.807, 2.05) is 66.7 Å². The first-order valence-corrected chi connectivity index (χ1v) is 11.3. The molecule has 0 atom stereocenters. The highest BCUT2D eigenvalue weighted by Crippen LogP contribution is 2.26. The SMILES string of the molecule is COc1ccc(CNC(=O)CCC(=O)NNC(=O)c2cc3cc(Oc4ccccc4)ccc3[nH]2)cc1. The van der Waals surface area contributed by atoms with Gasteiger partial charge in [-0.25, -0.2) is 0 Å². The van der Waals surface area contributed by atoms with Crippen LogP contribution in [0.3, 0.4) is 0 Å². The molecule has 0 bridgehead atoms. The lowest BCUT2D eigenvalue weighted by molar-refractivity contribution is -0.126. The predicted octanol–water partition coefficient (Wildman–Crippen LogP) is 3.83. The summed E-state index contributed by atoms with van der Waals surface area (Å²) in [6, 6.07) is 23.8. The quantitative estimate of drug-likeness (QED) is 0.268. The summed E-state index contributed by atoms with van der Waals surface area (Å²) in [7, 11) is 1.59. The van der Waals surface area contributed by atoms with Crippen LogP contribution in [-0.2, 0) is 16.1 Å². The van der Waals surface area contributed by atoms with E-state index >= 15 is 0 Å². The van der Waals surface area contributed by atoms with Gasteiger partial charge in [-0.1, -0.05) is 30.3 Å². The molecular formula is C27H26N4O5. The molecule has 0 fully saturated rings. The third-order valence-corrected chi connectivity index (χ3v) is 5.36. The number of aromatic nitrogens is 1. The molecule has 0 radical (unpaired) electrons. The number of nitrogens with one attached hydrogen (secondary N) is 4. The van der Waals surface area contributed by atoms with Gasteiger partial charge in [-0.2, -0.15) is 0 Å². The van der Waals surface area contributed by atoms with Crippen LogP contribution in [0.2, 0.25) is 0 Å². The maximum absolute atomic E-state index is 12.5. The normalized spacial score (nSPS) is 10.5. The Labute approximate surface area is 207 Å². The van der Waals surface area contributed by atoms with Crippen LogP contribution in [0.1, 0.15) is 28.9 Å². The van der Waals surface area contributed by atoms with Gasteiger partial charge in [0.05, 0.1) is 7.11 Å². The van der Waals surface area contributed by atoms with Gasteiger partial charge in [-0.05, 0) is 54.1 Å². The Hall–Kier alpha value is -4.79. The Morgan fingerprint density at radius 1 is 0.778 bits per heavy atom. The second kappa shape index (κ2) is 11.6. The number of H-pyrrole nitrogens is 1. The minimum absolute atomic E-state index is 0.00552. The van der Waals surface area contributed by atoms with Crippen LogP contribution < -0.4 is 25.6 Å². The molecule has 1 heterocycles. The van der Waals surface area contributed by atoms with Crippen LogP contribution in [-0.4, -0.2) is 29.8 Å². The summed E-state index contributed by atoms with van der Waals surface area (Å²) in [6.07, 6.45) is -0.0734. The van der Waals surface area contributed by atoms with E-state index < -0.39 is 11.8 Å². The highest BCUT2D eigenvalue weighted by atomic mass is 16.5. The molecule has 0 spiro atoms. The lowest BCUT2D eigenvalue weighted by Gasteiger charge is -2.08. The second-order valence-corrected chi connectivity index (χ2v) is 7.97. The summed E-state index contributed by atoms with van der Waals surface area (Å²) in [4.78, 5) is 39.6. The molecule has 9 nitrogen and oxygen atoms in total. The number of hydrogen-bond acceptors (Lipinski definition) is 5. The number of aromatic amines is 1. The molecule has 0 unspecified atom stereocenters. The number of hydrazine groups is 1. The van der Waals surface area contributed by atoms with Crippen LogP contribution in [0.4, 0.5) is 0 Å². The maximum Gasteiger partial charge on any atom is 0.286 e. The molecular weight excluding hydrogens is 460 g/mol. The van der Waals surface area contributed by atoms with E-state index in [1.165, 1.54) is 0 Å². The van der Waals surface area contributed by atoms with Gasteiger partial charge in [0.15, 0.2) is 0 Å². The zero-order chi connectivity index (χ0) is 25.3. The number of amides is 3. The van der Waals surface area contributed by atoms with Gasteiger partial charge in [-0.3, -0.25) is 25.2 Å². The lowest BCUT2D eigenvalue weighted by atomic mass is 10.2. The van der Waals surface area contributed by atoms with Crippen LogP contribution >= 0.6 is 0 Å². The Balaban J connectivity index is 1.21. The molecule has 0 aliphatic heterocycles. The fraction of sp³-hybridized carbons (Fsp3) is 0.148. The van der Waals surface area contributed by atoms with E-state index in [-0.39, 0.29) is 24.4 Å². The number of benzene rings is 3. The highest BCUT2D eigenvalue weighted by Gasteiger charge is 2.12. The molecule has 4 rings (SSSR count). The second-order valence-electron chi connectivity index (χ2n) is 7.97. The van der Waals surface area contributed by atoms with E-state index in [2.05, 4.69) is 21.2 Å². The topological polar surface area (TPSA) is 122 Å². The summed E-state index contributed by atoms with van der Waals surface area (Å²) in [5, 5.41) is 3.54. The molecule has 1 aromatic heterocycles. The van der Waals surface area contributed by atoms with Crippen molar-refractivity contribution in [2.45, 2.75) is 19.4 Å². The van der Waals surface area contributed by atoms with Gasteiger partial charge in [0, 0.05) is 30.3 Å². The number of para-hydroxylation sites is 1. The molecule has 0 aliphatic carbocycles. The fourth-order valence-corrected chi connectivity index (χ4v) is 3.44. The first-order chi connectivity index (χ1) is 17.5. The number of carbonyl (C=O) groups is 3. The Morgan fingerprint density at radius 3 is 2.25 bits per heavy atom. The van der Waals surface area contributed by atoms with Crippen molar-refractivity contribution in [2.24, 2.45) is 0 Å². The summed E-state index contributed by atoms with van der Waals surface area (Å²) in [6.45, 7) is 0.347. The van der Waals surface area contributed by atoms with Crippen molar-refractivity contribution in [2.75, 3.05) is 7.11 Å². The number of fused-ring (bicyclic) bond motifs is 1. The third kappa shape index (κ3) is 6.63. The number of hydrogen-bond donors (Lipinski definition) is 4. The van der Waals surface area contributed by atoms with Crippen molar-refractivity contribution in [3.05, 3.63) is 90.1 Å². The fourth-order valence-electron chi connectivity index (χ4n) is 3.44. The number of rotatable bonds is 9. The van der Waals surface area contributed by atoms with Crippen molar-refractivity contribution < 1.29 is 23.9 Å². The molecule has 36 heavy (non-hydrogen) atoms. The third-order valence-electron chi connectivity index (χ3n) is 5.36. The standard InChI is InChI=1S/C27H26N4O5/c1-35-20-9-7-18(8-10-20)17-28-25(32)13-14-26(33)30-31-27(34)24-16-19-15-22(11-12-23(19)29-24)36-21-5-3-2-4-6-21/h2-12,15-16,29H,13-14,17H2,1H3,(H,28,32)(H,30,33)(H,31,34). The average molecular weight is 487 g/mol. The predicted molar refractivity (Wildman–Crippen MR) is 134 cm³/mol.